The van der Waals surface area contributed by atoms with E-state index in [0.717, 1.165) is 6.07 Å². The van der Waals surface area contributed by atoms with Crippen molar-refractivity contribution in [2.24, 2.45) is 0 Å². The number of aliphatic hydroxyl groups excluding tert-OH is 1. The Kier molecular flexibility index (Phi) is 6.37. The van der Waals surface area contributed by atoms with Crippen LogP contribution in [-0.2, 0) is 6.42 Å². The fourth-order valence-corrected chi connectivity index (χ4v) is 3.93. The van der Waals surface area contributed by atoms with Crippen LogP contribution in [0.15, 0.2) is 18.2 Å². The monoisotopic (exact) mass is 424 g/mol. The van der Waals surface area contributed by atoms with Gasteiger partial charge in [0.05, 0.1) is 18.1 Å². The van der Waals surface area contributed by atoms with Crippen LogP contribution in [-0.4, -0.2) is 29.3 Å². The summed E-state index contributed by atoms with van der Waals surface area (Å²) < 4.78 is 13.4. The SMILES string of the molecule is N#Cc1c(N)nc(N2CCC[C@@H](O)C2)c(C#N)c1[C@@H](C#N)Cc1ccc(F)cc1Cl. The number of pyridine rings is 1. The maximum absolute atomic E-state index is 13.4. The Bertz CT molecular complexity index is 1100. The molecule has 3 N–H and O–H groups in total. The van der Waals surface area contributed by atoms with Crippen LogP contribution in [0.4, 0.5) is 16.0 Å². The highest BCUT2D eigenvalue weighted by Gasteiger charge is 2.30. The summed E-state index contributed by atoms with van der Waals surface area (Å²) in [5, 5.41) is 39.6. The highest BCUT2D eigenvalue weighted by atomic mass is 35.5. The molecule has 1 aliphatic rings. The van der Waals surface area contributed by atoms with Crippen LogP contribution >= 0.6 is 11.6 Å². The van der Waals surface area contributed by atoms with Gasteiger partial charge in [0, 0.05) is 23.7 Å². The Morgan fingerprint density at radius 3 is 2.63 bits per heavy atom. The summed E-state index contributed by atoms with van der Waals surface area (Å²) in [7, 11) is 0. The molecule has 2 aromatic rings. The van der Waals surface area contributed by atoms with E-state index in [1.807, 2.05) is 6.07 Å². The second-order valence-corrected chi connectivity index (χ2v) is 7.48. The van der Waals surface area contributed by atoms with E-state index in [9.17, 15) is 25.3 Å². The number of halogens is 2. The number of benzene rings is 1. The number of aliphatic hydroxyl groups is 1. The molecule has 1 aliphatic heterocycles. The molecule has 1 aromatic carbocycles. The minimum atomic E-state index is -0.934. The first-order chi connectivity index (χ1) is 14.4. The molecule has 3 rings (SSSR count). The molecule has 0 saturated carbocycles. The minimum Gasteiger partial charge on any atom is -0.391 e. The fourth-order valence-electron chi connectivity index (χ4n) is 3.68. The van der Waals surface area contributed by atoms with E-state index >= 15 is 0 Å². The maximum atomic E-state index is 13.4. The quantitative estimate of drug-likeness (QED) is 0.770. The molecule has 1 aromatic heterocycles. The van der Waals surface area contributed by atoms with Crippen LogP contribution in [0.3, 0.4) is 0 Å². The molecule has 1 fully saturated rings. The van der Waals surface area contributed by atoms with Gasteiger partial charge in [-0.3, -0.25) is 0 Å². The average Bonchev–Trinajstić information content (AvgIpc) is 2.72. The molecule has 7 nitrogen and oxygen atoms in total. The van der Waals surface area contributed by atoms with Gasteiger partial charge in [-0.15, -0.1) is 0 Å². The molecule has 0 radical (unpaired) electrons. The van der Waals surface area contributed by atoms with Crippen LogP contribution in [0.25, 0.3) is 0 Å². The van der Waals surface area contributed by atoms with Crippen molar-refractivity contribution in [2.45, 2.75) is 31.3 Å². The summed E-state index contributed by atoms with van der Waals surface area (Å²) in [6, 6.07) is 9.97. The number of nitriles is 3. The first-order valence-electron chi connectivity index (χ1n) is 9.29. The van der Waals surface area contributed by atoms with Crippen molar-refractivity contribution in [1.29, 1.82) is 15.8 Å². The van der Waals surface area contributed by atoms with Gasteiger partial charge >= 0.3 is 0 Å². The van der Waals surface area contributed by atoms with Crippen molar-refractivity contribution >= 4 is 23.2 Å². The van der Waals surface area contributed by atoms with Crippen molar-refractivity contribution in [1.82, 2.24) is 4.98 Å². The van der Waals surface area contributed by atoms with Gasteiger partial charge in [0.1, 0.15) is 40.7 Å². The van der Waals surface area contributed by atoms with E-state index in [1.54, 1.807) is 4.90 Å². The zero-order chi connectivity index (χ0) is 21.8. The van der Waals surface area contributed by atoms with Gasteiger partial charge in [0.25, 0.3) is 0 Å². The van der Waals surface area contributed by atoms with Crippen LogP contribution in [0, 0.1) is 39.8 Å². The predicted octanol–water partition coefficient (Wildman–Crippen LogP) is 3.01. The highest BCUT2D eigenvalue weighted by Crippen LogP contribution is 2.36. The Hall–Kier alpha value is -3.38. The number of aromatic nitrogens is 1. The zero-order valence-corrected chi connectivity index (χ0v) is 16.7. The van der Waals surface area contributed by atoms with E-state index in [0.29, 0.717) is 24.9 Å². The number of piperidine rings is 1. The standard InChI is InChI=1S/C21H18ClFN6O/c22-18-7-14(23)4-3-12(18)6-13(8-24)19-16(9-25)20(27)28-21(17(19)10-26)29-5-1-2-15(30)11-29/h3-4,7,13,15,30H,1-2,5-6,11H2,(H2,27,28)/t13-,15-/m1/s1. The first kappa shape index (κ1) is 21.3. The first-order valence-corrected chi connectivity index (χ1v) is 9.67. The Morgan fingerprint density at radius 1 is 1.30 bits per heavy atom. The van der Waals surface area contributed by atoms with Crippen LogP contribution in [0.2, 0.25) is 5.02 Å². The molecule has 30 heavy (non-hydrogen) atoms. The summed E-state index contributed by atoms with van der Waals surface area (Å²) in [6.07, 6.45) is 0.832. The number of anilines is 2. The van der Waals surface area contributed by atoms with Crippen molar-refractivity contribution < 1.29 is 9.50 Å². The lowest BCUT2D eigenvalue weighted by Crippen LogP contribution is -2.39. The van der Waals surface area contributed by atoms with Gasteiger partial charge < -0.3 is 15.7 Å². The Morgan fingerprint density at radius 2 is 2.03 bits per heavy atom. The lowest BCUT2D eigenvalue weighted by atomic mass is 9.87. The van der Waals surface area contributed by atoms with Crippen LogP contribution < -0.4 is 10.6 Å². The summed E-state index contributed by atoms with van der Waals surface area (Å²) in [4.78, 5) is 5.99. The van der Waals surface area contributed by atoms with Gasteiger partial charge in [-0.25, -0.2) is 9.37 Å². The topological polar surface area (TPSA) is 134 Å². The van der Waals surface area contributed by atoms with Gasteiger partial charge in [-0.05, 0) is 37.0 Å². The normalized spacial score (nSPS) is 16.9. The van der Waals surface area contributed by atoms with E-state index in [4.69, 9.17) is 17.3 Å². The molecule has 1 saturated heterocycles. The molecule has 152 valence electrons. The van der Waals surface area contributed by atoms with Crippen molar-refractivity contribution in [3.63, 3.8) is 0 Å². The van der Waals surface area contributed by atoms with Gasteiger partial charge in [0.15, 0.2) is 0 Å². The molecule has 0 unspecified atom stereocenters. The zero-order valence-electron chi connectivity index (χ0n) is 15.9. The second-order valence-electron chi connectivity index (χ2n) is 7.07. The lowest BCUT2D eigenvalue weighted by Gasteiger charge is -2.32. The van der Waals surface area contributed by atoms with Crippen molar-refractivity contribution in [2.75, 3.05) is 23.7 Å². The number of hydrogen-bond donors (Lipinski definition) is 2. The Balaban J connectivity index is 2.14. The largest absolute Gasteiger partial charge is 0.391 e. The minimum absolute atomic E-state index is 0.0438. The fraction of sp³-hybridized carbons (Fsp3) is 0.333. The third kappa shape index (κ3) is 4.14. The molecular formula is C21H18ClFN6O. The molecule has 0 aliphatic carbocycles. The third-order valence-electron chi connectivity index (χ3n) is 5.11. The van der Waals surface area contributed by atoms with Gasteiger partial charge in [-0.2, -0.15) is 15.8 Å². The Labute approximate surface area is 178 Å². The summed E-state index contributed by atoms with van der Waals surface area (Å²) in [5.74, 6) is -1.29. The van der Waals surface area contributed by atoms with Gasteiger partial charge in [0.2, 0.25) is 0 Å². The van der Waals surface area contributed by atoms with E-state index in [2.05, 4.69) is 17.1 Å². The second kappa shape index (κ2) is 8.97. The molecule has 9 heteroatoms. The van der Waals surface area contributed by atoms with Crippen LogP contribution in [0.5, 0.6) is 0 Å². The van der Waals surface area contributed by atoms with E-state index in [1.165, 1.54) is 12.1 Å². The van der Waals surface area contributed by atoms with Crippen molar-refractivity contribution in [3.8, 4) is 18.2 Å². The number of nitrogens with zero attached hydrogens (tertiary/aromatic N) is 5. The number of hydrogen-bond acceptors (Lipinski definition) is 7. The molecule has 0 bridgehead atoms. The van der Waals surface area contributed by atoms with Crippen molar-refractivity contribution in [3.05, 3.63) is 51.3 Å². The molecule has 2 heterocycles. The van der Waals surface area contributed by atoms with E-state index in [-0.39, 0.29) is 46.3 Å². The molecule has 0 amide bonds. The summed E-state index contributed by atoms with van der Waals surface area (Å²) in [5.41, 5.74) is 6.72. The van der Waals surface area contributed by atoms with E-state index < -0.39 is 17.8 Å². The lowest BCUT2D eigenvalue weighted by molar-refractivity contribution is 0.154. The predicted molar refractivity (Wildman–Crippen MR) is 109 cm³/mol. The van der Waals surface area contributed by atoms with Crippen LogP contribution in [0.1, 0.15) is 41.0 Å². The van der Waals surface area contributed by atoms with Gasteiger partial charge in [-0.1, -0.05) is 17.7 Å². The highest BCUT2D eigenvalue weighted by molar-refractivity contribution is 6.31. The molecule has 0 spiro atoms. The number of β-amino-alcohol motifs (C(OH)–C–C–N with tert-alkyl or cyclic N) is 1. The third-order valence-corrected chi connectivity index (χ3v) is 5.46. The number of rotatable bonds is 4. The summed E-state index contributed by atoms with van der Waals surface area (Å²) in [6.45, 7) is 0.831. The smallest absolute Gasteiger partial charge is 0.149 e. The molecule has 2 atom stereocenters. The molecular weight excluding hydrogens is 407 g/mol. The number of nitrogens with two attached hydrogens (primary N) is 1. The summed E-state index contributed by atoms with van der Waals surface area (Å²) >= 11 is 6.11. The average molecular weight is 425 g/mol. The maximum Gasteiger partial charge on any atom is 0.149 e. The number of nitrogen functional groups attached to an aromatic ring is 1.